The second kappa shape index (κ2) is 7.45. The Kier molecular flexibility index (Phi) is 4.88. The van der Waals surface area contributed by atoms with E-state index in [1.165, 1.54) is 0 Å². The fourth-order valence-electron chi connectivity index (χ4n) is 3.65. The van der Waals surface area contributed by atoms with Gasteiger partial charge in [0.15, 0.2) is 0 Å². The van der Waals surface area contributed by atoms with Gasteiger partial charge in [0.2, 0.25) is 11.7 Å². The number of carbonyl (C=O) groups excluding carboxylic acids is 1. The lowest BCUT2D eigenvalue weighted by molar-refractivity contribution is 0.108. The summed E-state index contributed by atoms with van der Waals surface area (Å²) >= 11 is 0. The SMILES string of the molecule is Cc1cccc(-c2noc(C3CCCN3C(=O)NCC3CCCO3)n2)c1. The van der Waals surface area contributed by atoms with E-state index in [1.807, 2.05) is 31.2 Å². The first-order valence-corrected chi connectivity index (χ1v) is 9.27. The molecule has 7 nitrogen and oxygen atoms in total. The Morgan fingerprint density at radius 3 is 3.08 bits per heavy atom. The fourth-order valence-corrected chi connectivity index (χ4v) is 3.65. The van der Waals surface area contributed by atoms with Crippen molar-refractivity contribution in [1.82, 2.24) is 20.4 Å². The summed E-state index contributed by atoms with van der Waals surface area (Å²) in [4.78, 5) is 18.9. The molecular weight excluding hydrogens is 332 g/mol. The summed E-state index contributed by atoms with van der Waals surface area (Å²) in [5.41, 5.74) is 2.07. The van der Waals surface area contributed by atoms with Gasteiger partial charge in [-0.2, -0.15) is 4.98 Å². The van der Waals surface area contributed by atoms with Gasteiger partial charge in [-0.15, -0.1) is 0 Å². The molecule has 0 radical (unpaired) electrons. The Bertz CT molecular complexity index is 770. The third kappa shape index (κ3) is 3.58. The molecule has 2 aromatic rings. The molecule has 1 aromatic carbocycles. The molecule has 0 spiro atoms. The predicted octanol–water partition coefficient (Wildman–Crippen LogP) is 3.07. The number of carbonyl (C=O) groups is 1. The first-order valence-electron chi connectivity index (χ1n) is 9.27. The number of aryl methyl sites for hydroxylation is 1. The number of benzene rings is 1. The topological polar surface area (TPSA) is 80.5 Å². The Balaban J connectivity index is 1.43. The van der Waals surface area contributed by atoms with Crippen molar-refractivity contribution < 1.29 is 14.1 Å². The van der Waals surface area contributed by atoms with Gasteiger partial charge in [-0.3, -0.25) is 0 Å². The van der Waals surface area contributed by atoms with E-state index in [-0.39, 0.29) is 18.2 Å². The standard InChI is InChI=1S/C19H24N4O3/c1-13-5-2-6-14(11-13)17-21-18(26-22-17)16-8-3-9-23(16)19(24)20-12-15-7-4-10-25-15/h2,5-6,11,15-16H,3-4,7-10,12H2,1H3,(H,20,24). The van der Waals surface area contributed by atoms with Crippen molar-refractivity contribution in [2.75, 3.05) is 19.7 Å². The van der Waals surface area contributed by atoms with Gasteiger partial charge >= 0.3 is 6.03 Å². The highest BCUT2D eigenvalue weighted by atomic mass is 16.5. The molecule has 2 unspecified atom stereocenters. The van der Waals surface area contributed by atoms with E-state index in [0.29, 0.717) is 24.8 Å². The summed E-state index contributed by atoms with van der Waals surface area (Å²) in [5, 5.41) is 7.09. The lowest BCUT2D eigenvalue weighted by Crippen LogP contribution is -2.42. The summed E-state index contributed by atoms with van der Waals surface area (Å²) in [6, 6.07) is 7.74. The second-order valence-electron chi connectivity index (χ2n) is 7.00. The largest absolute Gasteiger partial charge is 0.376 e. The molecular formula is C19H24N4O3. The minimum atomic E-state index is -0.162. The Hall–Kier alpha value is -2.41. The van der Waals surface area contributed by atoms with Gasteiger partial charge in [0.05, 0.1) is 6.10 Å². The van der Waals surface area contributed by atoms with Crippen molar-refractivity contribution in [3.8, 4) is 11.4 Å². The summed E-state index contributed by atoms with van der Waals surface area (Å²) in [7, 11) is 0. The number of ether oxygens (including phenoxy) is 1. The van der Waals surface area contributed by atoms with Crippen LogP contribution in [-0.2, 0) is 4.74 Å². The van der Waals surface area contributed by atoms with Crippen LogP contribution in [0.15, 0.2) is 28.8 Å². The molecule has 2 atom stereocenters. The van der Waals surface area contributed by atoms with Crippen LogP contribution in [0.5, 0.6) is 0 Å². The zero-order valence-electron chi connectivity index (χ0n) is 15.0. The van der Waals surface area contributed by atoms with Crippen LogP contribution in [0.1, 0.15) is 43.2 Å². The summed E-state index contributed by atoms with van der Waals surface area (Å²) in [5.74, 6) is 1.07. The van der Waals surface area contributed by atoms with Crippen molar-refractivity contribution in [2.45, 2.75) is 44.8 Å². The van der Waals surface area contributed by atoms with E-state index in [4.69, 9.17) is 9.26 Å². The van der Waals surface area contributed by atoms with Crippen molar-refractivity contribution in [1.29, 1.82) is 0 Å². The Labute approximate surface area is 152 Å². The van der Waals surface area contributed by atoms with Crippen LogP contribution in [0, 0.1) is 6.92 Å². The van der Waals surface area contributed by atoms with Gasteiger partial charge in [-0.25, -0.2) is 4.79 Å². The number of hydrogen-bond donors (Lipinski definition) is 1. The highest BCUT2D eigenvalue weighted by molar-refractivity contribution is 5.75. The van der Waals surface area contributed by atoms with Gasteiger partial charge in [-0.05, 0) is 38.7 Å². The van der Waals surface area contributed by atoms with Crippen LogP contribution < -0.4 is 5.32 Å². The van der Waals surface area contributed by atoms with Crippen molar-refractivity contribution >= 4 is 6.03 Å². The van der Waals surface area contributed by atoms with Crippen molar-refractivity contribution in [3.05, 3.63) is 35.7 Å². The van der Waals surface area contributed by atoms with Crippen LogP contribution in [0.3, 0.4) is 0 Å². The van der Waals surface area contributed by atoms with E-state index in [9.17, 15) is 4.79 Å². The minimum Gasteiger partial charge on any atom is -0.376 e. The second-order valence-corrected chi connectivity index (χ2v) is 7.00. The average molecular weight is 356 g/mol. The zero-order chi connectivity index (χ0) is 17.9. The number of rotatable bonds is 4. The van der Waals surface area contributed by atoms with E-state index in [1.54, 1.807) is 4.90 Å². The molecule has 2 fully saturated rings. The average Bonchev–Trinajstić information content (AvgIpc) is 3.40. The van der Waals surface area contributed by atoms with Crippen LogP contribution in [0.25, 0.3) is 11.4 Å². The number of amides is 2. The molecule has 0 saturated carbocycles. The first kappa shape index (κ1) is 17.0. The molecule has 4 rings (SSSR count). The van der Waals surface area contributed by atoms with Crippen molar-refractivity contribution in [3.63, 3.8) is 0 Å². The lowest BCUT2D eigenvalue weighted by atomic mass is 10.1. The molecule has 3 heterocycles. The zero-order valence-corrected chi connectivity index (χ0v) is 15.0. The molecule has 2 aliphatic rings. The molecule has 26 heavy (non-hydrogen) atoms. The monoisotopic (exact) mass is 356 g/mol. The van der Waals surface area contributed by atoms with Gasteiger partial charge in [0.25, 0.3) is 0 Å². The van der Waals surface area contributed by atoms with Crippen LogP contribution in [0.2, 0.25) is 0 Å². The maximum atomic E-state index is 12.6. The van der Waals surface area contributed by atoms with Gasteiger partial charge in [-0.1, -0.05) is 28.9 Å². The highest BCUT2D eigenvalue weighted by Crippen LogP contribution is 2.32. The normalized spacial score (nSPS) is 22.7. The minimum absolute atomic E-state index is 0.0849. The Morgan fingerprint density at radius 1 is 1.35 bits per heavy atom. The van der Waals surface area contributed by atoms with Gasteiger partial charge in [0.1, 0.15) is 6.04 Å². The summed E-state index contributed by atoms with van der Waals surface area (Å²) < 4.78 is 11.1. The van der Waals surface area contributed by atoms with Gasteiger partial charge in [0, 0.05) is 25.3 Å². The first-order chi connectivity index (χ1) is 12.7. The third-order valence-electron chi connectivity index (χ3n) is 5.02. The highest BCUT2D eigenvalue weighted by Gasteiger charge is 2.34. The summed E-state index contributed by atoms with van der Waals surface area (Å²) in [6.07, 6.45) is 3.98. The number of likely N-dealkylation sites (tertiary alicyclic amines) is 1. The van der Waals surface area contributed by atoms with Crippen molar-refractivity contribution in [2.24, 2.45) is 0 Å². The molecule has 1 aromatic heterocycles. The van der Waals surface area contributed by atoms with E-state index in [0.717, 1.165) is 43.4 Å². The fraction of sp³-hybridized carbons (Fsp3) is 0.526. The smallest absolute Gasteiger partial charge is 0.318 e. The Morgan fingerprint density at radius 2 is 2.27 bits per heavy atom. The number of nitrogens with zero attached hydrogens (tertiary/aromatic N) is 3. The van der Waals surface area contributed by atoms with E-state index >= 15 is 0 Å². The molecule has 0 bridgehead atoms. The predicted molar refractivity (Wildman–Crippen MR) is 95.5 cm³/mol. The molecule has 1 N–H and O–H groups in total. The molecule has 2 amide bonds. The third-order valence-corrected chi connectivity index (χ3v) is 5.02. The van der Waals surface area contributed by atoms with Gasteiger partial charge < -0.3 is 19.5 Å². The molecule has 0 aliphatic carbocycles. The molecule has 7 heteroatoms. The summed E-state index contributed by atoms with van der Waals surface area (Å²) in [6.45, 7) is 4.07. The molecule has 2 aliphatic heterocycles. The number of urea groups is 1. The van der Waals surface area contributed by atoms with E-state index in [2.05, 4.69) is 15.5 Å². The molecule has 138 valence electrons. The number of nitrogens with one attached hydrogen (secondary N) is 1. The quantitative estimate of drug-likeness (QED) is 0.910. The maximum absolute atomic E-state index is 12.6. The number of aromatic nitrogens is 2. The van der Waals surface area contributed by atoms with Crippen LogP contribution >= 0.6 is 0 Å². The van der Waals surface area contributed by atoms with Crippen LogP contribution in [0.4, 0.5) is 4.79 Å². The van der Waals surface area contributed by atoms with E-state index < -0.39 is 0 Å². The number of hydrogen-bond acceptors (Lipinski definition) is 5. The maximum Gasteiger partial charge on any atom is 0.318 e. The molecule has 2 saturated heterocycles. The lowest BCUT2D eigenvalue weighted by Gasteiger charge is -2.23. The van der Waals surface area contributed by atoms with Crippen LogP contribution in [-0.4, -0.2) is 46.9 Å².